The molecule has 0 aromatic heterocycles. The lowest BCUT2D eigenvalue weighted by Crippen LogP contribution is -2.21. The van der Waals surface area contributed by atoms with Crippen LogP contribution in [0.1, 0.15) is 0 Å². The van der Waals surface area contributed by atoms with Crippen LogP contribution in [0.2, 0.25) is 0 Å². The van der Waals surface area contributed by atoms with E-state index < -0.39 is 15.7 Å². The van der Waals surface area contributed by atoms with Crippen LogP contribution in [-0.2, 0) is 14.6 Å². The molecule has 22 heavy (non-hydrogen) atoms. The number of anilines is 1. The number of carbonyl (C=O) groups is 1. The topological polar surface area (TPSA) is 72.5 Å². The molecular weight excluding hydrogens is 370 g/mol. The average Bonchev–Trinajstić information content (AvgIpc) is 2.45. The van der Waals surface area contributed by atoms with Gasteiger partial charge in [0.05, 0.1) is 10.6 Å². The summed E-state index contributed by atoms with van der Waals surface area (Å²) in [7, 11) is -3.41. The van der Waals surface area contributed by atoms with Crippen molar-refractivity contribution in [3.63, 3.8) is 0 Å². The summed E-state index contributed by atoms with van der Waals surface area (Å²) >= 11 is 3.31. The van der Waals surface area contributed by atoms with Gasteiger partial charge in [-0.2, -0.15) is 0 Å². The number of para-hydroxylation sites is 1. The molecule has 0 saturated heterocycles. The molecule has 0 bridgehead atoms. The van der Waals surface area contributed by atoms with Crippen LogP contribution >= 0.6 is 15.9 Å². The normalized spacial score (nSPS) is 11.0. The number of amides is 1. The van der Waals surface area contributed by atoms with Gasteiger partial charge in [-0.3, -0.25) is 4.79 Å². The molecule has 0 aliphatic rings. The van der Waals surface area contributed by atoms with Crippen LogP contribution in [0.15, 0.2) is 57.9 Å². The van der Waals surface area contributed by atoms with Gasteiger partial charge in [0.25, 0.3) is 5.91 Å². The Bertz CT molecular complexity index is 790. The fourth-order valence-corrected chi connectivity index (χ4v) is 3.01. The lowest BCUT2D eigenvalue weighted by molar-refractivity contribution is -0.118. The number of sulfone groups is 1. The van der Waals surface area contributed by atoms with E-state index in [0.717, 1.165) is 10.7 Å². The van der Waals surface area contributed by atoms with Crippen molar-refractivity contribution in [2.75, 3.05) is 18.2 Å². The largest absolute Gasteiger partial charge is 0.484 e. The molecule has 0 heterocycles. The van der Waals surface area contributed by atoms with Crippen molar-refractivity contribution in [3.8, 4) is 5.75 Å². The molecule has 0 radical (unpaired) electrons. The van der Waals surface area contributed by atoms with Crippen molar-refractivity contribution in [2.45, 2.75) is 4.90 Å². The Hall–Kier alpha value is -1.86. The van der Waals surface area contributed by atoms with Crippen molar-refractivity contribution in [1.29, 1.82) is 0 Å². The average molecular weight is 384 g/mol. The number of hydrogen-bond donors (Lipinski definition) is 1. The SMILES string of the molecule is CS(=O)(=O)c1ccccc1NC(=O)COc1cccc(Br)c1. The zero-order chi connectivity index (χ0) is 16.2. The van der Waals surface area contributed by atoms with Crippen LogP contribution in [0.4, 0.5) is 5.69 Å². The Balaban J connectivity index is 2.04. The van der Waals surface area contributed by atoms with Gasteiger partial charge in [-0.15, -0.1) is 0 Å². The third-order valence-electron chi connectivity index (χ3n) is 2.73. The molecular formula is C15H14BrNO4S. The van der Waals surface area contributed by atoms with Gasteiger partial charge in [-0.1, -0.05) is 34.1 Å². The van der Waals surface area contributed by atoms with E-state index in [2.05, 4.69) is 21.2 Å². The second kappa shape index (κ2) is 6.93. The minimum atomic E-state index is -3.41. The van der Waals surface area contributed by atoms with Gasteiger partial charge in [-0.05, 0) is 30.3 Å². The summed E-state index contributed by atoms with van der Waals surface area (Å²) in [5, 5.41) is 2.55. The highest BCUT2D eigenvalue weighted by atomic mass is 79.9. The Labute approximate surface area is 137 Å². The fraction of sp³-hybridized carbons (Fsp3) is 0.133. The summed E-state index contributed by atoms with van der Waals surface area (Å²) in [6.07, 6.45) is 1.09. The molecule has 0 atom stereocenters. The van der Waals surface area contributed by atoms with Gasteiger partial charge in [0, 0.05) is 10.7 Å². The minimum Gasteiger partial charge on any atom is -0.484 e. The number of carbonyl (C=O) groups excluding carboxylic acids is 1. The molecule has 7 heteroatoms. The van der Waals surface area contributed by atoms with E-state index in [1.807, 2.05) is 6.07 Å². The molecule has 1 amide bonds. The number of rotatable bonds is 5. The van der Waals surface area contributed by atoms with Gasteiger partial charge in [-0.25, -0.2) is 8.42 Å². The Morgan fingerprint density at radius 1 is 1.18 bits per heavy atom. The van der Waals surface area contributed by atoms with Crippen LogP contribution in [0.25, 0.3) is 0 Å². The summed E-state index contributed by atoms with van der Waals surface area (Å²) in [5.41, 5.74) is 0.243. The van der Waals surface area contributed by atoms with Crippen LogP contribution < -0.4 is 10.1 Å². The zero-order valence-electron chi connectivity index (χ0n) is 11.7. The molecule has 0 fully saturated rings. The highest BCUT2D eigenvalue weighted by Crippen LogP contribution is 2.21. The lowest BCUT2D eigenvalue weighted by atomic mass is 10.3. The van der Waals surface area contributed by atoms with E-state index in [4.69, 9.17) is 4.74 Å². The number of benzene rings is 2. The standard InChI is InChI=1S/C15H14BrNO4S/c1-22(19,20)14-8-3-2-7-13(14)17-15(18)10-21-12-6-4-5-11(16)9-12/h2-9H,10H2,1H3,(H,17,18). The van der Waals surface area contributed by atoms with Crippen LogP contribution in [0.3, 0.4) is 0 Å². The fourth-order valence-electron chi connectivity index (χ4n) is 1.79. The quantitative estimate of drug-likeness (QED) is 0.861. The smallest absolute Gasteiger partial charge is 0.262 e. The van der Waals surface area contributed by atoms with E-state index in [1.54, 1.807) is 30.3 Å². The Kier molecular flexibility index (Phi) is 5.20. The van der Waals surface area contributed by atoms with Gasteiger partial charge < -0.3 is 10.1 Å². The third kappa shape index (κ3) is 4.57. The maximum atomic E-state index is 11.9. The monoisotopic (exact) mass is 383 g/mol. The first-order valence-electron chi connectivity index (χ1n) is 6.33. The second-order valence-corrected chi connectivity index (χ2v) is 7.46. The number of hydrogen-bond acceptors (Lipinski definition) is 4. The summed E-state index contributed by atoms with van der Waals surface area (Å²) in [4.78, 5) is 12.0. The molecule has 0 saturated carbocycles. The summed E-state index contributed by atoms with van der Waals surface area (Å²) < 4.78 is 29.5. The first-order valence-corrected chi connectivity index (χ1v) is 9.02. The summed E-state index contributed by atoms with van der Waals surface area (Å²) in [6, 6.07) is 13.3. The van der Waals surface area contributed by atoms with Crippen molar-refractivity contribution in [2.24, 2.45) is 0 Å². The van der Waals surface area contributed by atoms with Crippen molar-refractivity contribution >= 4 is 37.4 Å². The molecule has 2 aromatic rings. The Morgan fingerprint density at radius 3 is 2.59 bits per heavy atom. The second-order valence-electron chi connectivity index (χ2n) is 4.56. The predicted molar refractivity (Wildman–Crippen MR) is 87.8 cm³/mol. The highest BCUT2D eigenvalue weighted by Gasteiger charge is 2.14. The predicted octanol–water partition coefficient (Wildman–Crippen LogP) is 2.87. The van der Waals surface area contributed by atoms with Crippen molar-refractivity contribution < 1.29 is 17.9 Å². The van der Waals surface area contributed by atoms with E-state index in [-0.39, 0.29) is 17.2 Å². The number of nitrogens with one attached hydrogen (secondary N) is 1. The molecule has 0 aliphatic heterocycles. The van der Waals surface area contributed by atoms with E-state index >= 15 is 0 Å². The molecule has 116 valence electrons. The van der Waals surface area contributed by atoms with E-state index in [9.17, 15) is 13.2 Å². The van der Waals surface area contributed by atoms with Crippen molar-refractivity contribution in [3.05, 3.63) is 53.0 Å². The first kappa shape index (κ1) is 16.5. The van der Waals surface area contributed by atoms with E-state index in [0.29, 0.717) is 5.75 Å². The first-order chi connectivity index (χ1) is 10.4. The van der Waals surface area contributed by atoms with Gasteiger partial charge >= 0.3 is 0 Å². The van der Waals surface area contributed by atoms with Crippen LogP contribution in [0.5, 0.6) is 5.75 Å². The molecule has 0 unspecified atom stereocenters. The maximum Gasteiger partial charge on any atom is 0.262 e. The summed E-state index contributed by atoms with van der Waals surface area (Å²) in [6.45, 7) is -0.214. The lowest BCUT2D eigenvalue weighted by Gasteiger charge is -2.10. The molecule has 2 rings (SSSR count). The van der Waals surface area contributed by atoms with Gasteiger partial charge in [0.15, 0.2) is 16.4 Å². The Morgan fingerprint density at radius 2 is 1.91 bits per heavy atom. The maximum absolute atomic E-state index is 11.9. The van der Waals surface area contributed by atoms with Crippen LogP contribution in [-0.4, -0.2) is 27.2 Å². The number of ether oxygens (including phenoxy) is 1. The molecule has 0 aliphatic carbocycles. The number of halogens is 1. The minimum absolute atomic E-state index is 0.0748. The molecule has 0 spiro atoms. The van der Waals surface area contributed by atoms with Crippen molar-refractivity contribution in [1.82, 2.24) is 0 Å². The van der Waals surface area contributed by atoms with Gasteiger partial charge in [0.2, 0.25) is 0 Å². The molecule has 1 N–H and O–H groups in total. The third-order valence-corrected chi connectivity index (χ3v) is 4.37. The van der Waals surface area contributed by atoms with E-state index in [1.165, 1.54) is 12.1 Å². The van der Waals surface area contributed by atoms with Gasteiger partial charge in [0.1, 0.15) is 5.75 Å². The highest BCUT2D eigenvalue weighted by molar-refractivity contribution is 9.10. The molecule has 5 nitrogen and oxygen atoms in total. The van der Waals surface area contributed by atoms with Crippen LogP contribution in [0, 0.1) is 0 Å². The zero-order valence-corrected chi connectivity index (χ0v) is 14.1. The summed E-state index contributed by atoms with van der Waals surface area (Å²) in [5.74, 6) is 0.108. The molecule has 2 aromatic carbocycles.